The minimum atomic E-state index is -1.33. The second-order valence-electron chi connectivity index (χ2n) is 23.3. The molecule has 3 aromatic carbocycles. The lowest BCUT2D eigenvalue weighted by Gasteiger charge is -2.29. The van der Waals surface area contributed by atoms with E-state index in [2.05, 4.69) is 47.2 Å². The number of rotatable bonds is 36. The lowest BCUT2D eigenvalue weighted by atomic mass is 9.98. The third-order valence-corrected chi connectivity index (χ3v) is 15.7. The van der Waals surface area contributed by atoms with Crippen molar-refractivity contribution in [1.29, 1.82) is 0 Å². The number of aromatic nitrogens is 2. The molecule has 504 valence electrons. The average molecular weight is 1300 g/mol. The second-order valence-corrected chi connectivity index (χ2v) is 23.3. The first-order valence-corrected chi connectivity index (χ1v) is 31.6. The number of amides is 9. The van der Waals surface area contributed by atoms with Crippen LogP contribution < -0.4 is 46.7 Å². The van der Waals surface area contributed by atoms with E-state index in [1.165, 1.54) is 34.5 Å². The highest BCUT2D eigenvalue weighted by atomic mass is 16.5. The number of pyridine rings is 2. The van der Waals surface area contributed by atoms with E-state index in [1.54, 1.807) is 139 Å². The Labute approximate surface area is 547 Å². The normalized spacial score (nSPS) is 15.7. The summed E-state index contributed by atoms with van der Waals surface area (Å²) in [7, 11) is 3.17. The van der Waals surface area contributed by atoms with Gasteiger partial charge in [0.15, 0.2) is 0 Å². The third-order valence-electron chi connectivity index (χ3n) is 15.7. The van der Waals surface area contributed by atoms with Crippen LogP contribution in [0, 0.1) is 11.8 Å². The predicted octanol–water partition coefficient (Wildman–Crippen LogP) is 3.90. The van der Waals surface area contributed by atoms with Crippen molar-refractivity contribution < 1.29 is 71.6 Å². The summed E-state index contributed by atoms with van der Waals surface area (Å²) in [6.07, 6.45) is 7.82. The number of hydrogen-bond donors (Lipinski definition) is 7. The zero-order valence-electron chi connectivity index (χ0n) is 54.1. The molecule has 5 aromatic rings. The van der Waals surface area contributed by atoms with E-state index in [-0.39, 0.29) is 55.3 Å². The molecule has 0 bridgehead atoms. The summed E-state index contributed by atoms with van der Waals surface area (Å²) >= 11 is 0. The maximum atomic E-state index is 14.8. The van der Waals surface area contributed by atoms with Crippen molar-refractivity contribution >= 4 is 64.5 Å². The molecule has 26 nitrogen and oxygen atoms in total. The Bertz CT molecular complexity index is 3290. The van der Waals surface area contributed by atoms with Crippen LogP contribution in [0.4, 0.5) is 11.4 Å². The van der Waals surface area contributed by atoms with Gasteiger partial charge in [0.25, 0.3) is 11.8 Å². The van der Waals surface area contributed by atoms with Crippen LogP contribution in [0.5, 0.6) is 11.5 Å². The van der Waals surface area contributed by atoms with Crippen molar-refractivity contribution in [1.82, 2.24) is 46.4 Å². The van der Waals surface area contributed by atoms with Gasteiger partial charge in [-0.2, -0.15) is 0 Å². The maximum Gasteiger partial charge on any atom is 0.254 e. The summed E-state index contributed by atoms with van der Waals surface area (Å²) in [5.41, 5.74) is 2.35. The smallest absolute Gasteiger partial charge is 0.254 e. The number of ether oxygens (including phenoxy) is 6. The Kier molecular flexibility index (Phi) is 28.6. The van der Waals surface area contributed by atoms with Gasteiger partial charge in [-0.1, -0.05) is 58.0 Å². The molecular weight excluding hydrogens is 1210 g/mol. The molecule has 2 aliphatic heterocycles. The Balaban J connectivity index is 1.02. The molecule has 26 heteroatoms. The molecule has 0 spiro atoms. The highest BCUT2D eigenvalue weighted by molar-refractivity contribution is 6.03. The number of nitrogens with one attached hydrogen (secondary N) is 7. The molecular formula is C68H87N11O15. The fraction of sp³-hybridized carbons (Fsp3) is 0.456. The van der Waals surface area contributed by atoms with Crippen molar-refractivity contribution in [2.75, 3.05) is 97.3 Å². The Hall–Kier alpha value is -9.37. The van der Waals surface area contributed by atoms with E-state index in [9.17, 15) is 43.2 Å². The Morgan fingerprint density at radius 2 is 1.02 bits per heavy atom. The van der Waals surface area contributed by atoms with Crippen LogP contribution in [-0.4, -0.2) is 196 Å². The van der Waals surface area contributed by atoms with E-state index in [4.69, 9.17) is 28.4 Å². The highest BCUT2D eigenvalue weighted by Gasteiger charge is 2.39. The summed E-state index contributed by atoms with van der Waals surface area (Å²) in [6.45, 7) is 10.1. The summed E-state index contributed by atoms with van der Waals surface area (Å²) in [6, 6.07) is 20.0. The molecule has 2 aliphatic rings. The molecule has 7 rings (SSSR count). The van der Waals surface area contributed by atoms with Gasteiger partial charge in [0.1, 0.15) is 61.0 Å². The lowest BCUT2D eigenvalue weighted by molar-refractivity contribution is -0.137. The standard InChI is InChI=1S/C68H87N11O15/c1-44(2)59(66(86)72-50-14-7-12-48(40-50)68(88)79-29-11-16-56(79)64(84)71-43-58(80)78-28-10-17-57(78)65(85)73-51-15-9-27-70-42-51)76-63(83)55(39-47-20-24-53(25-21-47)94-37-35-92-33-31-90-6)75-67(87)60(45(3)4)77-62(82)54(74-61(81)49-13-8-26-69-41-49)38-46-18-22-52(23-19-46)93-36-34-91-32-30-89-5/h7-9,12-15,18-27,40-42,44-45,54-57,59-60H,10-11,16-17,28-39,43H2,1-6H3,(H,71,84)(H,72,86)(H,73,85)(H,74,81)(H,75,87)(H,76,83)(H,77,82)/t54-,55-,56-,57-,59+,60+/m0/s1. The van der Waals surface area contributed by atoms with Crippen LogP contribution in [-0.2, 0) is 65.4 Å². The summed E-state index contributed by atoms with van der Waals surface area (Å²) < 4.78 is 32.7. The van der Waals surface area contributed by atoms with Gasteiger partial charge in [-0.05, 0) is 115 Å². The fourth-order valence-corrected chi connectivity index (χ4v) is 10.6. The number of anilines is 2. The number of hydrogen-bond acceptors (Lipinski definition) is 17. The van der Waals surface area contributed by atoms with Crippen molar-refractivity contribution in [3.8, 4) is 11.5 Å². The van der Waals surface area contributed by atoms with Gasteiger partial charge in [-0.3, -0.25) is 53.1 Å². The van der Waals surface area contributed by atoms with Crippen LogP contribution in [0.1, 0.15) is 85.2 Å². The first-order chi connectivity index (χ1) is 45.4. The second kappa shape index (κ2) is 37.4. The Morgan fingerprint density at radius 3 is 1.56 bits per heavy atom. The van der Waals surface area contributed by atoms with Crippen LogP contribution in [0.15, 0.2) is 122 Å². The minimum absolute atomic E-state index is 0.0111. The first kappa shape index (κ1) is 72.1. The molecule has 7 N–H and O–H groups in total. The average Bonchev–Trinajstić information content (AvgIpc) is 1.57. The monoisotopic (exact) mass is 1300 g/mol. The van der Waals surface area contributed by atoms with E-state index in [0.29, 0.717) is 107 Å². The first-order valence-electron chi connectivity index (χ1n) is 31.6. The zero-order chi connectivity index (χ0) is 67.4. The SMILES string of the molecule is COCCOCCOc1ccc(C[C@H](NC(=O)c2cccnc2)C(=O)N[C@@H](C(=O)N[C@@H](Cc2ccc(OCCOCCOC)cc2)C(=O)N[C@@H](C(=O)Nc2cccc(C(=O)N3CCC[C@H]3C(=O)NCC(=O)N3CCC[C@H]3C(=O)Nc3cccnc3)c2)C(C)C)C(C)C)cc1. The van der Waals surface area contributed by atoms with Gasteiger partial charge >= 0.3 is 0 Å². The van der Waals surface area contributed by atoms with Gasteiger partial charge in [0.2, 0.25) is 41.4 Å². The number of carbonyl (C=O) groups is 9. The topological polar surface area (TPSA) is 325 Å². The lowest BCUT2D eigenvalue weighted by Crippen LogP contribution is -2.60. The fourth-order valence-electron chi connectivity index (χ4n) is 10.6. The number of carbonyl (C=O) groups excluding carboxylic acids is 9. The quantitative estimate of drug-likeness (QED) is 0.0280. The van der Waals surface area contributed by atoms with Crippen LogP contribution in [0.25, 0.3) is 0 Å². The summed E-state index contributed by atoms with van der Waals surface area (Å²) in [5.74, 6) is -5.15. The van der Waals surface area contributed by atoms with E-state index < -0.39 is 95.3 Å². The van der Waals surface area contributed by atoms with Gasteiger partial charge in [0, 0.05) is 70.0 Å². The van der Waals surface area contributed by atoms with Crippen molar-refractivity contribution in [2.24, 2.45) is 11.8 Å². The molecule has 6 atom stereocenters. The minimum Gasteiger partial charge on any atom is -0.491 e. The molecule has 2 aromatic heterocycles. The Morgan fingerprint density at radius 1 is 0.511 bits per heavy atom. The molecule has 0 radical (unpaired) electrons. The van der Waals surface area contributed by atoms with E-state index >= 15 is 0 Å². The number of likely N-dealkylation sites (tertiary alicyclic amines) is 2. The number of benzene rings is 3. The predicted molar refractivity (Wildman–Crippen MR) is 347 cm³/mol. The van der Waals surface area contributed by atoms with Crippen LogP contribution in [0.3, 0.4) is 0 Å². The van der Waals surface area contributed by atoms with Crippen molar-refractivity contribution in [3.63, 3.8) is 0 Å². The molecule has 0 unspecified atom stereocenters. The highest BCUT2D eigenvalue weighted by Crippen LogP contribution is 2.24. The molecule has 2 fully saturated rings. The van der Waals surface area contributed by atoms with Crippen LogP contribution >= 0.6 is 0 Å². The third kappa shape index (κ3) is 22.2. The molecule has 2 saturated heterocycles. The maximum absolute atomic E-state index is 14.8. The van der Waals surface area contributed by atoms with Crippen molar-refractivity contribution in [3.05, 3.63) is 144 Å². The van der Waals surface area contributed by atoms with Crippen molar-refractivity contribution in [2.45, 2.75) is 102 Å². The largest absolute Gasteiger partial charge is 0.491 e. The molecule has 4 heterocycles. The van der Waals surface area contributed by atoms with Gasteiger partial charge in [0.05, 0.1) is 63.6 Å². The molecule has 0 saturated carbocycles. The van der Waals surface area contributed by atoms with Crippen LogP contribution in [0.2, 0.25) is 0 Å². The zero-order valence-corrected chi connectivity index (χ0v) is 54.1. The summed E-state index contributed by atoms with van der Waals surface area (Å²) in [5, 5.41) is 19.7. The molecule has 9 amide bonds. The number of nitrogens with zero attached hydrogens (tertiary/aromatic N) is 4. The van der Waals surface area contributed by atoms with E-state index in [1.807, 2.05) is 0 Å². The van der Waals surface area contributed by atoms with Gasteiger partial charge in [-0.15, -0.1) is 0 Å². The summed E-state index contributed by atoms with van der Waals surface area (Å²) in [4.78, 5) is 137. The molecule has 0 aliphatic carbocycles. The van der Waals surface area contributed by atoms with Gasteiger partial charge < -0.3 is 75.4 Å². The number of methoxy groups -OCH3 is 2. The van der Waals surface area contributed by atoms with E-state index in [0.717, 1.165) is 0 Å². The van der Waals surface area contributed by atoms with Gasteiger partial charge in [-0.25, -0.2) is 0 Å². The molecule has 94 heavy (non-hydrogen) atoms.